The lowest BCUT2D eigenvalue weighted by atomic mass is 10.1. The van der Waals surface area contributed by atoms with Gasteiger partial charge in [-0.3, -0.25) is 4.79 Å². The van der Waals surface area contributed by atoms with Gasteiger partial charge in [-0.2, -0.15) is 4.98 Å². The number of likely N-dealkylation sites (N-methyl/N-ethyl adjacent to an activating group) is 1. The molecule has 0 unspecified atom stereocenters. The Morgan fingerprint density at radius 1 is 1.16 bits per heavy atom. The number of carbonyl (C=O) groups is 1. The Labute approximate surface area is 183 Å². The smallest absolute Gasteiger partial charge is 0.274 e. The Morgan fingerprint density at radius 2 is 2.00 bits per heavy atom. The van der Waals surface area contributed by atoms with Gasteiger partial charge in [0.05, 0.1) is 19.8 Å². The van der Waals surface area contributed by atoms with E-state index in [0.717, 1.165) is 10.9 Å². The molecule has 0 aliphatic heterocycles. The molecule has 31 heavy (non-hydrogen) atoms. The summed E-state index contributed by atoms with van der Waals surface area (Å²) in [6, 6.07) is 12.6. The first-order valence-electron chi connectivity index (χ1n) is 9.57. The average molecular weight is 441 g/mol. The van der Waals surface area contributed by atoms with Gasteiger partial charge in [-0.25, -0.2) is 0 Å². The summed E-state index contributed by atoms with van der Waals surface area (Å²) in [5.41, 5.74) is 2.10. The number of rotatable bonds is 7. The minimum absolute atomic E-state index is 0.171. The standard InChI is InChI=1S/C22H21ClN4O4/c1-27(22(28)16-6-5-15(29-2)12-19(16)30-3)9-8-20-25-21(31-26-20)18-11-13-10-14(23)4-7-17(13)24-18/h4-7,10-12,24H,8-9H2,1-3H3. The summed E-state index contributed by atoms with van der Waals surface area (Å²) in [5.74, 6) is 1.79. The molecule has 160 valence electrons. The second-order valence-electron chi connectivity index (χ2n) is 6.97. The quantitative estimate of drug-likeness (QED) is 0.463. The number of benzene rings is 2. The van der Waals surface area contributed by atoms with Gasteiger partial charge in [0.15, 0.2) is 5.82 Å². The normalized spacial score (nSPS) is 11.0. The fraction of sp³-hybridized carbons (Fsp3) is 0.227. The van der Waals surface area contributed by atoms with E-state index < -0.39 is 0 Å². The monoisotopic (exact) mass is 440 g/mol. The molecular formula is C22H21ClN4O4. The molecule has 2 aromatic heterocycles. The molecule has 2 heterocycles. The molecule has 0 aliphatic rings. The molecule has 1 amide bonds. The van der Waals surface area contributed by atoms with E-state index in [1.807, 2.05) is 24.3 Å². The minimum Gasteiger partial charge on any atom is -0.497 e. The van der Waals surface area contributed by atoms with Crippen molar-refractivity contribution >= 4 is 28.4 Å². The number of amides is 1. The molecule has 0 saturated carbocycles. The molecule has 0 aliphatic carbocycles. The van der Waals surface area contributed by atoms with Crippen LogP contribution in [0.15, 0.2) is 47.0 Å². The third kappa shape index (κ3) is 4.34. The number of H-pyrrole nitrogens is 1. The third-order valence-corrected chi connectivity index (χ3v) is 5.17. The van der Waals surface area contributed by atoms with Crippen molar-refractivity contribution in [1.29, 1.82) is 0 Å². The molecule has 0 atom stereocenters. The molecule has 4 rings (SSSR count). The minimum atomic E-state index is -0.171. The molecule has 8 nitrogen and oxygen atoms in total. The van der Waals surface area contributed by atoms with Crippen LogP contribution in [0, 0.1) is 0 Å². The zero-order valence-corrected chi connectivity index (χ0v) is 18.1. The van der Waals surface area contributed by atoms with Gasteiger partial charge < -0.3 is 23.9 Å². The van der Waals surface area contributed by atoms with Crippen molar-refractivity contribution in [2.75, 3.05) is 27.8 Å². The van der Waals surface area contributed by atoms with E-state index in [9.17, 15) is 4.79 Å². The van der Waals surface area contributed by atoms with Gasteiger partial charge in [0.25, 0.3) is 11.8 Å². The van der Waals surface area contributed by atoms with E-state index in [1.165, 1.54) is 7.11 Å². The van der Waals surface area contributed by atoms with Crippen molar-refractivity contribution in [3.63, 3.8) is 0 Å². The number of halogens is 1. The first-order valence-corrected chi connectivity index (χ1v) is 9.95. The van der Waals surface area contributed by atoms with Crippen LogP contribution in [0.5, 0.6) is 11.5 Å². The number of aromatic amines is 1. The third-order valence-electron chi connectivity index (χ3n) is 4.94. The average Bonchev–Trinajstić information content (AvgIpc) is 3.42. The number of methoxy groups -OCH3 is 2. The Balaban J connectivity index is 1.43. The fourth-order valence-corrected chi connectivity index (χ4v) is 3.41. The molecule has 4 aromatic rings. The maximum absolute atomic E-state index is 12.8. The number of nitrogens with one attached hydrogen (secondary N) is 1. The number of aromatic nitrogens is 3. The highest BCUT2D eigenvalue weighted by molar-refractivity contribution is 6.31. The van der Waals surface area contributed by atoms with Crippen molar-refractivity contribution in [2.45, 2.75) is 6.42 Å². The molecular weight excluding hydrogens is 420 g/mol. The Morgan fingerprint density at radius 3 is 2.77 bits per heavy atom. The second kappa shape index (κ2) is 8.69. The SMILES string of the molecule is COc1ccc(C(=O)N(C)CCc2noc(-c3cc4cc(Cl)ccc4[nH]3)n2)c(OC)c1. The van der Waals surface area contributed by atoms with E-state index >= 15 is 0 Å². The maximum atomic E-state index is 12.8. The zero-order chi connectivity index (χ0) is 22.0. The van der Waals surface area contributed by atoms with Crippen LogP contribution < -0.4 is 9.47 Å². The van der Waals surface area contributed by atoms with Gasteiger partial charge >= 0.3 is 0 Å². The highest BCUT2D eigenvalue weighted by atomic mass is 35.5. The Kier molecular flexibility index (Phi) is 5.81. The van der Waals surface area contributed by atoms with Crippen LogP contribution in [-0.4, -0.2) is 53.7 Å². The predicted molar refractivity (Wildman–Crippen MR) is 117 cm³/mol. The number of carbonyl (C=O) groups excluding carboxylic acids is 1. The number of hydrogen-bond donors (Lipinski definition) is 1. The lowest BCUT2D eigenvalue weighted by Crippen LogP contribution is -2.29. The van der Waals surface area contributed by atoms with Gasteiger partial charge in [-0.05, 0) is 36.4 Å². The molecule has 2 aromatic carbocycles. The van der Waals surface area contributed by atoms with Crippen molar-refractivity contribution in [3.8, 4) is 23.1 Å². The van der Waals surface area contributed by atoms with E-state index in [0.29, 0.717) is 52.5 Å². The van der Waals surface area contributed by atoms with E-state index in [1.54, 1.807) is 37.3 Å². The second-order valence-corrected chi connectivity index (χ2v) is 7.41. The molecule has 0 spiro atoms. The Bertz CT molecular complexity index is 1230. The number of hydrogen-bond acceptors (Lipinski definition) is 6. The summed E-state index contributed by atoms with van der Waals surface area (Å²) in [7, 11) is 4.80. The molecule has 0 radical (unpaired) electrons. The highest BCUT2D eigenvalue weighted by Gasteiger charge is 2.19. The van der Waals surface area contributed by atoms with Gasteiger partial charge in [0.1, 0.15) is 17.2 Å². The van der Waals surface area contributed by atoms with Crippen LogP contribution >= 0.6 is 11.6 Å². The molecule has 1 N–H and O–H groups in total. The first-order chi connectivity index (χ1) is 15.0. The van der Waals surface area contributed by atoms with Crippen LogP contribution in [-0.2, 0) is 6.42 Å². The molecule has 0 saturated heterocycles. The predicted octanol–water partition coefficient (Wildman–Crippen LogP) is 4.20. The number of nitrogens with zero attached hydrogens (tertiary/aromatic N) is 3. The van der Waals surface area contributed by atoms with E-state index in [-0.39, 0.29) is 5.91 Å². The largest absolute Gasteiger partial charge is 0.497 e. The number of ether oxygens (including phenoxy) is 2. The van der Waals surface area contributed by atoms with Crippen molar-refractivity contribution in [2.24, 2.45) is 0 Å². The van der Waals surface area contributed by atoms with Crippen LogP contribution in [0.25, 0.3) is 22.5 Å². The fourth-order valence-electron chi connectivity index (χ4n) is 3.23. The molecule has 0 fully saturated rings. The summed E-state index contributed by atoms with van der Waals surface area (Å²) in [6.07, 6.45) is 0.441. The van der Waals surface area contributed by atoms with Crippen LogP contribution in [0.3, 0.4) is 0 Å². The van der Waals surface area contributed by atoms with Crippen LogP contribution in [0.1, 0.15) is 16.2 Å². The van der Waals surface area contributed by atoms with Gasteiger partial charge in [0.2, 0.25) is 0 Å². The maximum Gasteiger partial charge on any atom is 0.274 e. The molecule has 0 bridgehead atoms. The number of fused-ring (bicyclic) bond motifs is 1. The Hall–Kier alpha value is -3.52. The molecule has 9 heteroatoms. The lowest BCUT2D eigenvalue weighted by molar-refractivity contribution is 0.0792. The van der Waals surface area contributed by atoms with E-state index in [4.69, 9.17) is 25.6 Å². The van der Waals surface area contributed by atoms with Gasteiger partial charge in [-0.1, -0.05) is 16.8 Å². The lowest BCUT2D eigenvalue weighted by Gasteiger charge is -2.18. The zero-order valence-electron chi connectivity index (χ0n) is 17.3. The van der Waals surface area contributed by atoms with Gasteiger partial charge in [0, 0.05) is 42.0 Å². The van der Waals surface area contributed by atoms with Gasteiger partial charge in [-0.15, -0.1) is 0 Å². The van der Waals surface area contributed by atoms with Crippen molar-refractivity contribution < 1.29 is 18.8 Å². The summed E-state index contributed by atoms with van der Waals surface area (Å²) < 4.78 is 15.9. The highest BCUT2D eigenvalue weighted by Crippen LogP contribution is 2.27. The summed E-state index contributed by atoms with van der Waals surface area (Å²) >= 11 is 6.04. The van der Waals surface area contributed by atoms with Crippen molar-refractivity contribution in [1.82, 2.24) is 20.0 Å². The van der Waals surface area contributed by atoms with Crippen LogP contribution in [0.2, 0.25) is 5.02 Å². The summed E-state index contributed by atoms with van der Waals surface area (Å²) in [6.45, 7) is 0.412. The summed E-state index contributed by atoms with van der Waals surface area (Å²) in [4.78, 5) is 22.1. The van der Waals surface area contributed by atoms with E-state index in [2.05, 4.69) is 15.1 Å². The summed E-state index contributed by atoms with van der Waals surface area (Å²) in [5, 5.41) is 5.65. The first kappa shape index (κ1) is 20.7. The topological polar surface area (TPSA) is 93.5 Å². The van der Waals surface area contributed by atoms with Crippen molar-refractivity contribution in [3.05, 3.63) is 58.9 Å². The van der Waals surface area contributed by atoms with Crippen LogP contribution in [0.4, 0.5) is 0 Å².